The van der Waals surface area contributed by atoms with Crippen molar-refractivity contribution in [3.05, 3.63) is 40.7 Å². The highest BCUT2D eigenvalue weighted by molar-refractivity contribution is 6.04. The normalized spacial score (nSPS) is 16.2. The van der Waals surface area contributed by atoms with Crippen LogP contribution in [-0.2, 0) is 19.1 Å². The molecule has 0 aliphatic carbocycles. The Kier molecular flexibility index (Phi) is 7.29. The van der Waals surface area contributed by atoms with Crippen LogP contribution in [-0.4, -0.2) is 62.6 Å². The standard InChI is InChI=1S/C24H28N2O8/c1-12-20(24(30)33-6)13(2)25-21(12)22(28)14(3)34-23(29)15-9-19(27)26(11-15)16-7-8-17(31-4)18(10-16)32-5/h7-8,10,14-15,25H,9,11H2,1-6H3/t14-,15+/m0/s1. The number of hydrogen-bond acceptors (Lipinski definition) is 8. The van der Waals surface area contributed by atoms with Gasteiger partial charge in [-0.05, 0) is 38.5 Å². The van der Waals surface area contributed by atoms with Gasteiger partial charge in [0.25, 0.3) is 0 Å². The molecular formula is C24H28N2O8. The molecule has 1 fully saturated rings. The van der Waals surface area contributed by atoms with Crippen LogP contribution in [0.1, 0.15) is 45.4 Å². The number of aromatic amines is 1. The lowest BCUT2D eigenvalue weighted by Crippen LogP contribution is -2.30. The van der Waals surface area contributed by atoms with E-state index >= 15 is 0 Å². The zero-order valence-electron chi connectivity index (χ0n) is 20.0. The van der Waals surface area contributed by atoms with Gasteiger partial charge in [-0.25, -0.2) is 4.79 Å². The number of ketones is 1. The molecule has 1 amide bonds. The molecule has 10 nitrogen and oxygen atoms in total. The van der Waals surface area contributed by atoms with Gasteiger partial charge in [0.1, 0.15) is 0 Å². The number of hydrogen-bond donors (Lipinski definition) is 1. The summed E-state index contributed by atoms with van der Waals surface area (Å²) in [7, 11) is 4.26. The fraction of sp³-hybridized carbons (Fsp3) is 0.417. The lowest BCUT2D eigenvalue weighted by Gasteiger charge is -2.19. The summed E-state index contributed by atoms with van der Waals surface area (Å²) in [5.41, 5.74) is 1.92. The molecule has 34 heavy (non-hydrogen) atoms. The Bertz CT molecular complexity index is 1140. The predicted octanol–water partition coefficient (Wildman–Crippen LogP) is 2.60. The molecule has 1 N–H and O–H groups in total. The molecule has 182 valence electrons. The number of H-pyrrole nitrogens is 1. The first kappa shape index (κ1) is 24.8. The number of nitrogens with zero attached hydrogens (tertiary/aromatic N) is 1. The van der Waals surface area contributed by atoms with Gasteiger partial charge in [0, 0.05) is 30.4 Å². The highest BCUT2D eigenvalue weighted by atomic mass is 16.5. The van der Waals surface area contributed by atoms with Crippen molar-refractivity contribution in [2.45, 2.75) is 33.3 Å². The van der Waals surface area contributed by atoms with Crippen LogP contribution in [0.2, 0.25) is 0 Å². The van der Waals surface area contributed by atoms with E-state index in [1.54, 1.807) is 32.0 Å². The maximum absolute atomic E-state index is 12.9. The van der Waals surface area contributed by atoms with Crippen LogP contribution in [0.4, 0.5) is 5.69 Å². The van der Waals surface area contributed by atoms with E-state index in [1.807, 2.05) is 0 Å². The number of methoxy groups -OCH3 is 3. The minimum absolute atomic E-state index is 0.0405. The molecule has 2 atom stereocenters. The average Bonchev–Trinajstić information content (AvgIpc) is 3.36. The van der Waals surface area contributed by atoms with Gasteiger partial charge < -0.3 is 28.8 Å². The van der Waals surface area contributed by atoms with E-state index in [1.165, 1.54) is 33.2 Å². The van der Waals surface area contributed by atoms with Crippen LogP contribution in [0.15, 0.2) is 18.2 Å². The van der Waals surface area contributed by atoms with Crippen molar-refractivity contribution in [2.24, 2.45) is 5.92 Å². The van der Waals surface area contributed by atoms with Crippen LogP contribution in [0.3, 0.4) is 0 Å². The van der Waals surface area contributed by atoms with Crippen LogP contribution < -0.4 is 14.4 Å². The topological polar surface area (TPSA) is 124 Å². The lowest BCUT2D eigenvalue weighted by atomic mass is 10.1. The quantitative estimate of drug-likeness (QED) is 0.459. The molecule has 10 heteroatoms. The van der Waals surface area contributed by atoms with Gasteiger partial charge in [0.05, 0.1) is 38.5 Å². The Morgan fingerprint density at radius 3 is 2.38 bits per heavy atom. The van der Waals surface area contributed by atoms with Crippen molar-refractivity contribution in [3.8, 4) is 11.5 Å². The molecule has 1 saturated heterocycles. The summed E-state index contributed by atoms with van der Waals surface area (Å²) in [6.07, 6.45) is -1.15. The van der Waals surface area contributed by atoms with Gasteiger partial charge in [0.2, 0.25) is 11.7 Å². The van der Waals surface area contributed by atoms with Crippen LogP contribution in [0.5, 0.6) is 11.5 Å². The van der Waals surface area contributed by atoms with Crippen molar-refractivity contribution < 1.29 is 38.1 Å². The molecule has 0 bridgehead atoms. The highest BCUT2D eigenvalue weighted by Gasteiger charge is 2.38. The van der Waals surface area contributed by atoms with Crippen LogP contribution in [0.25, 0.3) is 0 Å². The molecule has 0 saturated carbocycles. The second-order valence-corrected chi connectivity index (χ2v) is 8.00. The molecular weight excluding hydrogens is 444 g/mol. The number of aromatic nitrogens is 1. The number of nitrogens with one attached hydrogen (secondary N) is 1. The molecule has 2 heterocycles. The number of carbonyl (C=O) groups excluding carboxylic acids is 4. The summed E-state index contributed by atoms with van der Waals surface area (Å²) in [6.45, 7) is 4.84. The zero-order chi connectivity index (χ0) is 25.2. The number of ether oxygens (including phenoxy) is 4. The van der Waals surface area contributed by atoms with Crippen LogP contribution in [0, 0.1) is 19.8 Å². The lowest BCUT2D eigenvalue weighted by molar-refractivity contribution is -0.151. The molecule has 2 aromatic rings. The number of aryl methyl sites for hydroxylation is 1. The van der Waals surface area contributed by atoms with E-state index < -0.39 is 29.7 Å². The summed E-state index contributed by atoms with van der Waals surface area (Å²) in [4.78, 5) is 54.6. The molecule has 3 rings (SSSR count). The van der Waals surface area contributed by atoms with Gasteiger partial charge in [-0.1, -0.05) is 0 Å². The average molecular weight is 472 g/mol. The third kappa shape index (κ3) is 4.61. The Hall–Kier alpha value is -3.82. The predicted molar refractivity (Wildman–Crippen MR) is 121 cm³/mol. The van der Waals surface area contributed by atoms with E-state index in [0.717, 1.165) is 0 Å². The number of Topliss-reactive ketones (excluding diaryl/α,β-unsaturated/α-hetero) is 1. The van der Waals surface area contributed by atoms with E-state index in [4.69, 9.17) is 18.9 Å². The minimum Gasteiger partial charge on any atom is -0.493 e. The number of benzene rings is 1. The maximum atomic E-state index is 12.9. The molecule has 1 aliphatic rings. The summed E-state index contributed by atoms with van der Waals surface area (Å²) in [5, 5.41) is 0. The van der Waals surface area contributed by atoms with E-state index in [-0.39, 0.29) is 30.1 Å². The SMILES string of the molecule is COC(=O)c1c(C)[nH]c(C(=O)[C@H](C)OC(=O)[C@@H]2CC(=O)N(c3ccc(OC)c(OC)c3)C2)c1C. The number of carbonyl (C=O) groups is 4. The fourth-order valence-electron chi connectivity index (χ4n) is 4.04. The first-order valence-corrected chi connectivity index (χ1v) is 10.7. The van der Waals surface area contributed by atoms with Gasteiger partial charge in [0.15, 0.2) is 17.6 Å². The Morgan fingerprint density at radius 2 is 1.76 bits per heavy atom. The fourth-order valence-corrected chi connectivity index (χ4v) is 4.04. The molecule has 1 aromatic carbocycles. The smallest absolute Gasteiger partial charge is 0.339 e. The summed E-state index contributed by atoms with van der Waals surface area (Å²) in [5.74, 6) is -1.68. The van der Waals surface area contributed by atoms with E-state index in [0.29, 0.717) is 28.4 Å². The highest BCUT2D eigenvalue weighted by Crippen LogP contribution is 2.34. The molecule has 0 unspecified atom stereocenters. The number of esters is 2. The first-order valence-electron chi connectivity index (χ1n) is 10.7. The molecule has 0 radical (unpaired) electrons. The van der Waals surface area contributed by atoms with Crippen LogP contribution >= 0.6 is 0 Å². The third-order valence-corrected chi connectivity index (χ3v) is 5.87. The molecule has 1 aromatic heterocycles. The van der Waals surface area contributed by atoms with E-state index in [2.05, 4.69) is 4.98 Å². The Morgan fingerprint density at radius 1 is 1.09 bits per heavy atom. The number of amides is 1. The molecule has 1 aliphatic heterocycles. The third-order valence-electron chi connectivity index (χ3n) is 5.87. The summed E-state index contributed by atoms with van der Waals surface area (Å²) < 4.78 is 20.7. The van der Waals surface area contributed by atoms with Crippen molar-refractivity contribution >= 4 is 29.3 Å². The van der Waals surface area contributed by atoms with Gasteiger partial charge in [-0.2, -0.15) is 0 Å². The van der Waals surface area contributed by atoms with Gasteiger partial charge in [-0.3, -0.25) is 14.4 Å². The Labute approximate surface area is 197 Å². The summed E-state index contributed by atoms with van der Waals surface area (Å²) >= 11 is 0. The zero-order valence-corrected chi connectivity index (χ0v) is 20.0. The monoisotopic (exact) mass is 472 g/mol. The van der Waals surface area contributed by atoms with E-state index in [9.17, 15) is 19.2 Å². The number of rotatable bonds is 8. The maximum Gasteiger partial charge on any atom is 0.339 e. The van der Waals surface area contributed by atoms with Crippen molar-refractivity contribution in [2.75, 3.05) is 32.8 Å². The Balaban J connectivity index is 1.70. The summed E-state index contributed by atoms with van der Waals surface area (Å²) in [6, 6.07) is 5.04. The largest absolute Gasteiger partial charge is 0.493 e. The molecule has 0 spiro atoms. The van der Waals surface area contributed by atoms with Crippen molar-refractivity contribution in [1.82, 2.24) is 4.98 Å². The van der Waals surface area contributed by atoms with Crippen molar-refractivity contribution in [3.63, 3.8) is 0 Å². The number of anilines is 1. The van der Waals surface area contributed by atoms with Crippen molar-refractivity contribution in [1.29, 1.82) is 0 Å². The van der Waals surface area contributed by atoms with Gasteiger partial charge >= 0.3 is 11.9 Å². The van der Waals surface area contributed by atoms with Gasteiger partial charge in [-0.15, -0.1) is 0 Å². The second kappa shape index (κ2) is 9.98. The first-order chi connectivity index (χ1) is 16.1. The minimum atomic E-state index is -1.11. The second-order valence-electron chi connectivity index (χ2n) is 8.00.